The monoisotopic (exact) mass is 393 g/mol. The van der Waals surface area contributed by atoms with Gasteiger partial charge in [-0.05, 0) is 36.7 Å². The Balaban J connectivity index is 1.41. The molecule has 0 unspecified atom stereocenters. The predicted octanol–water partition coefficient (Wildman–Crippen LogP) is 2.10. The number of nitrogens with one attached hydrogen (secondary N) is 1. The number of hydrogen-bond acceptors (Lipinski definition) is 4. The highest BCUT2D eigenvalue weighted by molar-refractivity contribution is 6.11. The number of ether oxygens (including phenoxy) is 1. The fourth-order valence-electron chi connectivity index (χ4n) is 4.02. The normalized spacial score (nSPS) is 19.0. The average Bonchev–Trinajstić information content (AvgIpc) is 3.17. The number of anilines is 1. The number of benzene rings is 2. The summed E-state index contributed by atoms with van der Waals surface area (Å²) in [6.07, 6.45) is 1.43. The Kier molecular flexibility index (Phi) is 6.22. The summed E-state index contributed by atoms with van der Waals surface area (Å²) in [6, 6.07) is 16.4. The van der Waals surface area contributed by atoms with Gasteiger partial charge in [-0.15, -0.1) is 0 Å². The molecule has 2 aliphatic rings. The molecule has 2 heterocycles. The molecule has 152 valence electrons. The van der Waals surface area contributed by atoms with Crippen LogP contribution in [-0.2, 0) is 16.0 Å². The minimum Gasteiger partial charge on any atom is -0.379 e. The van der Waals surface area contributed by atoms with Crippen LogP contribution >= 0.6 is 0 Å². The van der Waals surface area contributed by atoms with Gasteiger partial charge in [-0.2, -0.15) is 0 Å². The third-order valence-electron chi connectivity index (χ3n) is 5.57. The molecule has 2 aromatic rings. The largest absolute Gasteiger partial charge is 0.379 e. The van der Waals surface area contributed by atoms with Gasteiger partial charge < -0.3 is 10.1 Å². The van der Waals surface area contributed by atoms with E-state index in [1.807, 2.05) is 42.5 Å². The summed E-state index contributed by atoms with van der Waals surface area (Å²) < 4.78 is 5.36. The van der Waals surface area contributed by atoms with Crippen LogP contribution in [0.5, 0.6) is 0 Å². The van der Waals surface area contributed by atoms with Crippen molar-refractivity contribution in [2.24, 2.45) is 0 Å². The molecule has 1 atom stereocenters. The maximum absolute atomic E-state index is 13.2. The van der Waals surface area contributed by atoms with Crippen molar-refractivity contribution in [3.05, 3.63) is 65.7 Å². The number of carbonyl (C=O) groups excluding carboxylic acids is 2. The minimum absolute atomic E-state index is 0.0903. The van der Waals surface area contributed by atoms with Crippen LogP contribution in [0.4, 0.5) is 5.69 Å². The number of hydrogen-bond donors (Lipinski definition) is 1. The van der Waals surface area contributed by atoms with Crippen LogP contribution in [0.15, 0.2) is 54.6 Å². The Morgan fingerprint density at radius 3 is 2.52 bits per heavy atom. The van der Waals surface area contributed by atoms with E-state index in [-0.39, 0.29) is 11.8 Å². The number of carbonyl (C=O) groups is 2. The van der Waals surface area contributed by atoms with Gasteiger partial charge >= 0.3 is 0 Å². The van der Waals surface area contributed by atoms with Crippen molar-refractivity contribution in [3.63, 3.8) is 0 Å². The van der Waals surface area contributed by atoms with Crippen molar-refractivity contribution in [3.8, 4) is 0 Å². The van der Waals surface area contributed by atoms with Crippen LogP contribution in [0.2, 0.25) is 0 Å². The molecule has 0 bridgehead atoms. The maximum Gasteiger partial charge on any atom is 0.259 e. The van der Waals surface area contributed by atoms with Crippen LogP contribution in [0.1, 0.15) is 22.3 Å². The maximum atomic E-state index is 13.2. The lowest BCUT2D eigenvalue weighted by molar-refractivity contribution is -0.122. The van der Waals surface area contributed by atoms with Gasteiger partial charge in [-0.25, -0.2) is 0 Å². The first-order valence-corrected chi connectivity index (χ1v) is 10.3. The van der Waals surface area contributed by atoms with Gasteiger partial charge in [0.25, 0.3) is 5.91 Å². The number of rotatable bonds is 6. The Bertz CT molecular complexity index is 849. The Hall–Kier alpha value is -2.70. The SMILES string of the molecule is O=C(NCCCN1CCOCC1)[C@H]1Cc2ccccc2N1C(=O)c1ccccc1. The summed E-state index contributed by atoms with van der Waals surface area (Å²) in [5.74, 6) is -0.225. The molecule has 6 nitrogen and oxygen atoms in total. The molecule has 0 aliphatic carbocycles. The van der Waals surface area contributed by atoms with Crippen LogP contribution in [-0.4, -0.2) is 62.1 Å². The Morgan fingerprint density at radius 1 is 1.00 bits per heavy atom. The van der Waals surface area contributed by atoms with E-state index in [1.165, 1.54) is 0 Å². The lowest BCUT2D eigenvalue weighted by atomic mass is 10.1. The van der Waals surface area contributed by atoms with E-state index in [0.717, 1.165) is 50.5 Å². The first-order valence-electron chi connectivity index (χ1n) is 10.3. The second-order valence-electron chi connectivity index (χ2n) is 7.49. The van der Waals surface area contributed by atoms with Gasteiger partial charge in [0, 0.05) is 37.3 Å². The first kappa shape index (κ1) is 19.6. The number of nitrogens with zero attached hydrogens (tertiary/aromatic N) is 2. The van der Waals surface area contributed by atoms with E-state index in [0.29, 0.717) is 18.5 Å². The highest BCUT2D eigenvalue weighted by Gasteiger charge is 2.38. The smallest absolute Gasteiger partial charge is 0.259 e. The quantitative estimate of drug-likeness (QED) is 0.764. The van der Waals surface area contributed by atoms with Gasteiger partial charge in [-0.1, -0.05) is 36.4 Å². The van der Waals surface area contributed by atoms with E-state index in [2.05, 4.69) is 10.2 Å². The van der Waals surface area contributed by atoms with Crippen LogP contribution in [0, 0.1) is 0 Å². The van der Waals surface area contributed by atoms with Gasteiger partial charge in [-0.3, -0.25) is 19.4 Å². The third-order valence-corrected chi connectivity index (χ3v) is 5.57. The lowest BCUT2D eigenvalue weighted by Gasteiger charge is -2.27. The van der Waals surface area contributed by atoms with Crippen LogP contribution in [0.3, 0.4) is 0 Å². The van der Waals surface area contributed by atoms with E-state index >= 15 is 0 Å². The third kappa shape index (κ3) is 4.49. The zero-order chi connectivity index (χ0) is 20.1. The second kappa shape index (κ2) is 9.20. The number of para-hydroxylation sites is 1. The minimum atomic E-state index is -0.511. The molecule has 29 heavy (non-hydrogen) atoms. The van der Waals surface area contributed by atoms with Crippen LogP contribution in [0.25, 0.3) is 0 Å². The van der Waals surface area contributed by atoms with Crippen molar-refractivity contribution in [2.45, 2.75) is 18.9 Å². The molecule has 6 heteroatoms. The molecule has 0 saturated carbocycles. The van der Waals surface area contributed by atoms with Crippen molar-refractivity contribution < 1.29 is 14.3 Å². The van der Waals surface area contributed by atoms with E-state index in [9.17, 15) is 9.59 Å². The molecular formula is C23H27N3O3. The molecule has 0 aromatic heterocycles. The zero-order valence-electron chi connectivity index (χ0n) is 16.5. The van der Waals surface area contributed by atoms with Crippen LogP contribution < -0.4 is 10.2 Å². The summed E-state index contributed by atoms with van der Waals surface area (Å²) in [5, 5.41) is 3.04. The molecule has 2 aromatic carbocycles. The summed E-state index contributed by atoms with van der Waals surface area (Å²) in [4.78, 5) is 30.2. The molecule has 4 rings (SSSR count). The zero-order valence-corrected chi connectivity index (χ0v) is 16.5. The fourth-order valence-corrected chi connectivity index (χ4v) is 4.02. The van der Waals surface area contributed by atoms with E-state index in [4.69, 9.17) is 4.74 Å². The molecule has 0 spiro atoms. The number of amides is 2. The Morgan fingerprint density at radius 2 is 1.72 bits per heavy atom. The lowest BCUT2D eigenvalue weighted by Crippen LogP contribution is -2.48. The van der Waals surface area contributed by atoms with E-state index in [1.54, 1.807) is 17.0 Å². The fraction of sp³-hybridized carbons (Fsp3) is 0.391. The topological polar surface area (TPSA) is 61.9 Å². The molecule has 2 aliphatic heterocycles. The number of fused-ring (bicyclic) bond motifs is 1. The van der Waals surface area contributed by atoms with Gasteiger partial charge in [0.2, 0.25) is 5.91 Å². The highest BCUT2D eigenvalue weighted by atomic mass is 16.5. The van der Waals surface area contributed by atoms with Crippen molar-refractivity contribution in [1.29, 1.82) is 0 Å². The predicted molar refractivity (Wildman–Crippen MR) is 112 cm³/mol. The average molecular weight is 393 g/mol. The molecule has 1 fully saturated rings. The second-order valence-corrected chi connectivity index (χ2v) is 7.49. The van der Waals surface area contributed by atoms with Crippen molar-refractivity contribution in [1.82, 2.24) is 10.2 Å². The van der Waals surface area contributed by atoms with Crippen molar-refractivity contribution in [2.75, 3.05) is 44.3 Å². The molecule has 1 saturated heterocycles. The highest BCUT2D eigenvalue weighted by Crippen LogP contribution is 2.33. The first-order chi connectivity index (χ1) is 14.2. The van der Waals surface area contributed by atoms with E-state index < -0.39 is 6.04 Å². The van der Waals surface area contributed by atoms with Gasteiger partial charge in [0.15, 0.2) is 0 Å². The van der Waals surface area contributed by atoms with Crippen molar-refractivity contribution >= 4 is 17.5 Å². The summed E-state index contributed by atoms with van der Waals surface area (Å²) in [6.45, 7) is 5.01. The summed E-state index contributed by atoms with van der Waals surface area (Å²) in [5.41, 5.74) is 2.45. The van der Waals surface area contributed by atoms with Gasteiger partial charge in [0.1, 0.15) is 6.04 Å². The Labute approximate surface area is 171 Å². The summed E-state index contributed by atoms with van der Waals surface area (Å²) >= 11 is 0. The molecule has 0 radical (unpaired) electrons. The van der Waals surface area contributed by atoms with Gasteiger partial charge in [0.05, 0.1) is 13.2 Å². The number of morpholine rings is 1. The molecular weight excluding hydrogens is 366 g/mol. The molecule has 2 amide bonds. The molecule has 1 N–H and O–H groups in total. The summed E-state index contributed by atoms with van der Waals surface area (Å²) in [7, 11) is 0. The standard InChI is InChI=1S/C23H27N3O3/c27-22(24-11-6-12-25-13-15-29-16-14-25)21-17-19-9-4-5-10-20(19)26(21)23(28)18-7-2-1-3-8-18/h1-5,7-10,21H,6,11-17H2,(H,24,27)/t21-/m1/s1.